The Bertz CT molecular complexity index is 1990. The zero-order valence-corrected chi connectivity index (χ0v) is 30.2. The van der Waals surface area contributed by atoms with Gasteiger partial charge < -0.3 is 25.0 Å². The summed E-state index contributed by atoms with van der Waals surface area (Å²) in [5.74, 6) is -0.396. The van der Waals surface area contributed by atoms with Crippen LogP contribution in [-0.2, 0) is 14.3 Å². The summed E-state index contributed by atoms with van der Waals surface area (Å²) in [6.45, 7) is 9.75. The van der Waals surface area contributed by atoms with Crippen LogP contribution in [0.5, 0.6) is 5.75 Å². The van der Waals surface area contributed by atoms with Gasteiger partial charge in [0.1, 0.15) is 11.8 Å². The molecule has 3 aromatic rings. The van der Waals surface area contributed by atoms with E-state index in [1.54, 1.807) is 24.3 Å². The molecule has 0 spiro atoms. The van der Waals surface area contributed by atoms with Gasteiger partial charge >= 0.3 is 0 Å². The van der Waals surface area contributed by atoms with E-state index in [2.05, 4.69) is 40.4 Å². The Morgan fingerprint density at radius 1 is 0.815 bits per heavy atom. The number of piperidine rings is 2. The van der Waals surface area contributed by atoms with Gasteiger partial charge in [0.15, 0.2) is 5.82 Å². The average molecular weight is 736 g/mol. The highest BCUT2D eigenvalue weighted by Crippen LogP contribution is 2.37. The maximum Gasteiger partial charge on any atom is 0.262 e. The molecule has 0 radical (unpaired) electrons. The number of carbonyl (C=O) groups is 4. The molecule has 0 bridgehead atoms. The summed E-state index contributed by atoms with van der Waals surface area (Å²) in [7, 11) is 0. The normalized spacial score (nSPS) is 25.3. The maximum absolute atomic E-state index is 13.4. The molecule has 4 fully saturated rings. The van der Waals surface area contributed by atoms with Crippen molar-refractivity contribution < 1.29 is 29.0 Å². The van der Waals surface area contributed by atoms with Crippen molar-refractivity contribution in [2.24, 2.45) is 5.92 Å². The first-order chi connectivity index (χ1) is 26.3. The van der Waals surface area contributed by atoms with Gasteiger partial charge in [0.2, 0.25) is 11.8 Å². The number of benzene rings is 2. The highest BCUT2D eigenvalue weighted by molar-refractivity contribution is 6.23. The van der Waals surface area contributed by atoms with E-state index in [9.17, 15) is 24.3 Å². The Labute approximate surface area is 313 Å². The Kier molecular flexibility index (Phi) is 9.15. The Balaban J connectivity index is 0.761. The van der Waals surface area contributed by atoms with Gasteiger partial charge in [-0.2, -0.15) is 0 Å². The van der Waals surface area contributed by atoms with Crippen LogP contribution in [0.15, 0.2) is 48.5 Å². The van der Waals surface area contributed by atoms with Crippen LogP contribution < -0.4 is 20.4 Å². The van der Waals surface area contributed by atoms with E-state index in [0.717, 1.165) is 107 Å². The number of aromatic hydroxyl groups is 1. The number of morpholine rings is 1. The lowest BCUT2D eigenvalue weighted by Gasteiger charge is -2.47. The number of phenols is 1. The van der Waals surface area contributed by atoms with Crippen molar-refractivity contribution in [2.45, 2.75) is 43.9 Å². The van der Waals surface area contributed by atoms with Crippen molar-refractivity contribution in [1.29, 1.82) is 0 Å². The lowest BCUT2D eigenvalue weighted by molar-refractivity contribution is -0.136. The fraction of sp³-hybridized carbons (Fsp3) is 0.487. The van der Waals surface area contributed by atoms with Crippen LogP contribution in [0.2, 0.25) is 0 Å². The monoisotopic (exact) mass is 735 g/mol. The van der Waals surface area contributed by atoms with Crippen LogP contribution in [0.3, 0.4) is 0 Å². The third kappa shape index (κ3) is 6.54. The number of carbonyl (C=O) groups excluding carboxylic acids is 4. The van der Waals surface area contributed by atoms with Gasteiger partial charge in [-0.15, -0.1) is 10.2 Å². The summed E-state index contributed by atoms with van der Waals surface area (Å²) in [5, 5.41) is 25.0. The number of nitrogens with zero attached hydrogens (tertiary/aromatic N) is 7. The lowest BCUT2D eigenvalue weighted by Crippen LogP contribution is -2.60. The minimum absolute atomic E-state index is 0.0995. The number of para-hydroxylation sites is 1. The fourth-order valence-electron chi connectivity index (χ4n) is 9.08. The van der Waals surface area contributed by atoms with Crippen LogP contribution in [0.25, 0.3) is 11.3 Å². The molecule has 7 heterocycles. The number of imide groups is 2. The van der Waals surface area contributed by atoms with E-state index in [-0.39, 0.29) is 30.6 Å². The number of anilines is 3. The SMILES string of the molecule is O=C1CCC(N2C(=O)c3ccc(N4CCC(CN5CCO[C@H](CN6CCN7c8cc(-c9ccccc9O)nnc8NC[C@H]7C6)C5)CC4)cc3C2=O)C(=O)N1. The number of rotatable bonds is 7. The minimum atomic E-state index is -0.964. The van der Waals surface area contributed by atoms with Crippen LogP contribution in [-0.4, -0.2) is 144 Å². The molecule has 6 aliphatic rings. The van der Waals surface area contributed by atoms with Crippen LogP contribution in [0.4, 0.5) is 17.2 Å². The van der Waals surface area contributed by atoms with Gasteiger partial charge in [-0.25, -0.2) is 0 Å². The molecule has 282 valence electrons. The van der Waals surface area contributed by atoms with Crippen molar-refractivity contribution in [3.05, 3.63) is 59.7 Å². The Morgan fingerprint density at radius 3 is 2.46 bits per heavy atom. The maximum atomic E-state index is 13.4. The number of nitrogens with one attached hydrogen (secondary N) is 2. The highest BCUT2D eigenvalue weighted by Gasteiger charge is 2.45. The van der Waals surface area contributed by atoms with E-state index in [4.69, 9.17) is 4.74 Å². The molecule has 1 aromatic heterocycles. The number of hydrogen-bond donors (Lipinski definition) is 3. The van der Waals surface area contributed by atoms with E-state index in [0.29, 0.717) is 34.3 Å². The molecule has 0 aliphatic carbocycles. The van der Waals surface area contributed by atoms with Crippen molar-refractivity contribution in [1.82, 2.24) is 30.2 Å². The molecule has 6 aliphatic heterocycles. The van der Waals surface area contributed by atoms with E-state index in [1.807, 2.05) is 24.3 Å². The highest BCUT2D eigenvalue weighted by atomic mass is 16.5. The summed E-state index contributed by atoms with van der Waals surface area (Å²) in [5.41, 5.74) is 3.90. The largest absolute Gasteiger partial charge is 0.507 e. The van der Waals surface area contributed by atoms with Gasteiger partial charge in [0, 0.05) is 83.1 Å². The number of amides is 4. The number of fused-ring (bicyclic) bond motifs is 4. The zero-order chi connectivity index (χ0) is 36.9. The molecule has 2 aromatic carbocycles. The third-order valence-corrected chi connectivity index (χ3v) is 11.9. The first-order valence-corrected chi connectivity index (χ1v) is 19.1. The Hall–Kier alpha value is -5.12. The summed E-state index contributed by atoms with van der Waals surface area (Å²) in [4.78, 5) is 61.4. The minimum Gasteiger partial charge on any atom is -0.507 e. The number of phenolic OH excluding ortho intramolecular Hbond substituents is 1. The van der Waals surface area contributed by atoms with Crippen LogP contribution in [0, 0.1) is 5.92 Å². The van der Waals surface area contributed by atoms with Crippen LogP contribution in [0.1, 0.15) is 46.4 Å². The topological polar surface area (TPSA) is 164 Å². The second-order valence-electron chi connectivity index (χ2n) is 15.3. The molecule has 3 N–H and O–H groups in total. The number of hydrogen-bond acceptors (Lipinski definition) is 13. The van der Waals surface area contributed by atoms with Gasteiger partial charge in [0.05, 0.1) is 41.3 Å². The first kappa shape index (κ1) is 34.6. The molecule has 3 atom stereocenters. The standard InChI is InChI=1S/C39H45N9O6/c49-34-4-2-1-3-29(34)31-18-33-36(43-42-31)40-19-26-21-44(13-14-47(26)33)22-27-23-45(15-16-54-27)20-24-9-11-46(12-10-24)25-5-6-28-30(17-25)39(53)48(38(28)52)32-7-8-35(50)41-37(32)51/h1-6,17-18,24,26-27,32,49H,7-16,19-23H2,(H,40,43)(H,41,50,51)/t26-,27+,32?/m0/s1. The van der Waals surface area contributed by atoms with Crippen molar-refractivity contribution in [3.8, 4) is 17.0 Å². The zero-order valence-electron chi connectivity index (χ0n) is 30.2. The number of aromatic nitrogens is 2. The molecule has 0 saturated carbocycles. The van der Waals surface area contributed by atoms with E-state index >= 15 is 0 Å². The van der Waals surface area contributed by atoms with E-state index in [1.165, 1.54) is 0 Å². The smallest absolute Gasteiger partial charge is 0.262 e. The van der Waals surface area contributed by atoms with Crippen molar-refractivity contribution in [2.75, 3.05) is 87.2 Å². The molecular weight excluding hydrogens is 690 g/mol. The predicted octanol–water partition coefficient (Wildman–Crippen LogP) is 1.78. The molecule has 15 nitrogen and oxygen atoms in total. The summed E-state index contributed by atoms with van der Waals surface area (Å²) < 4.78 is 6.30. The molecule has 54 heavy (non-hydrogen) atoms. The van der Waals surface area contributed by atoms with E-state index < -0.39 is 23.8 Å². The molecule has 4 saturated heterocycles. The molecule has 15 heteroatoms. The molecule has 4 amide bonds. The predicted molar refractivity (Wildman–Crippen MR) is 199 cm³/mol. The third-order valence-electron chi connectivity index (χ3n) is 11.9. The second kappa shape index (κ2) is 14.3. The number of piperazine rings is 1. The average Bonchev–Trinajstić information content (AvgIpc) is 3.43. The lowest BCUT2D eigenvalue weighted by atomic mass is 9.95. The summed E-state index contributed by atoms with van der Waals surface area (Å²) in [6.07, 6.45) is 2.46. The summed E-state index contributed by atoms with van der Waals surface area (Å²) in [6, 6.07) is 14.0. The van der Waals surface area contributed by atoms with Gasteiger partial charge in [0.25, 0.3) is 11.8 Å². The Morgan fingerprint density at radius 2 is 1.63 bits per heavy atom. The fourth-order valence-corrected chi connectivity index (χ4v) is 9.08. The van der Waals surface area contributed by atoms with Crippen molar-refractivity contribution in [3.63, 3.8) is 0 Å². The molecule has 9 rings (SSSR count). The second-order valence-corrected chi connectivity index (χ2v) is 15.3. The summed E-state index contributed by atoms with van der Waals surface area (Å²) >= 11 is 0. The van der Waals surface area contributed by atoms with Crippen molar-refractivity contribution >= 4 is 40.8 Å². The van der Waals surface area contributed by atoms with Gasteiger partial charge in [-0.1, -0.05) is 12.1 Å². The molecular formula is C39H45N9O6. The first-order valence-electron chi connectivity index (χ1n) is 19.1. The quantitative estimate of drug-likeness (QED) is 0.302. The van der Waals surface area contributed by atoms with Crippen LogP contribution >= 0.6 is 0 Å². The van der Waals surface area contributed by atoms with Gasteiger partial charge in [-0.05, 0) is 61.6 Å². The molecule has 1 unspecified atom stereocenters. The number of ether oxygens (including phenoxy) is 1. The van der Waals surface area contributed by atoms with Gasteiger partial charge in [-0.3, -0.25) is 39.2 Å².